The van der Waals surface area contributed by atoms with E-state index in [9.17, 15) is 14.7 Å². The van der Waals surface area contributed by atoms with Gasteiger partial charge in [-0.3, -0.25) is 4.79 Å². The minimum atomic E-state index is -0.496. The molecule has 0 saturated heterocycles. The first kappa shape index (κ1) is 23.6. The van der Waals surface area contributed by atoms with Gasteiger partial charge in [-0.15, -0.1) is 0 Å². The van der Waals surface area contributed by atoms with Crippen LogP contribution < -0.4 is 0 Å². The van der Waals surface area contributed by atoms with Gasteiger partial charge in [0.05, 0.1) is 12.7 Å². The second-order valence-electron chi connectivity index (χ2n) is 7.37. The predicted molar refractivity (Wildman–Crippen MR) is 106 cm³/mol. The molecule has 5 nitrogen and oxygen atoms in total. The monoisotopic (exact) mass is 380 g/mol. The van der Waals surface area contributed by atoms with E-state index in [0.29, 0.717) is 31.8 Å². The number of hydrogen-bond acceptors (Lipinski definition) is 5. The Labute approximate surface area is 163 Å². The molecule has 1 aliphatic carbocycles. The SMILES string of the molecule is CCC=CCC(O)C=C[C@H]1CCC(=O)[C@@]1(C)CCCCOCC(=O)OCC. The number of carbonyl (C=O) groups excluding carboxylic acids is 2. The maximum atomic E-state index is 12.4. The van der Waals surface area contributed by atoms with E-state index in [1.165, 1.54) is 0 Å². The Balaban J connectivity index is 2.40. The van der Waals surface area contributed by atoms with Crippen LogP contribution in [0, 0.1) is 11.3 Å². The molecule has 0 aromatic rings. The fourth-order valence-corrected chi connectivity index (χ4v) is 3.53. The van der Waals surface area contributed by atoms with Crippen LogP contribution in [-0.4, -0.2) is 42.8 Å². The fraction of sp³-hybridized carbons (Fsp3) is 0.727. The molecule has 0 aliphatic heterocycles. The van der Waals surface area contributed by atoms with Gasteiger partial charge in [-0.1, -0.05) is 44.6 Å². The lowest BCUT2D eigenvalue weighted by atomic mass is 9.75. The number of hydrogen-bond donors (Lipinski definition) is 1. The Bertz CT molecular complexity index is 511. The van der Waals surface area contributed by atoms with Crippen molar-refractivity contribution in [2.24, 2.45) is 11.3 Å². The molecule has 1 fully saturated rings. The summed E-state index contributed by atoms with van der Waals surface area (Å²) in [4.78, 5) is 23.7. The number of ketones is 1. The highest BCUT2D eigenvalue weighted by Crippen LogP contribution is 2.44. The van der Waals surface area contributed by atoms with E-state index in [1.54, 1.807) is 6.92 Å². The maximum Gasteiger partial charge on any atom is 0.332 e. The minimum Gasteiger partial charge on any atom is -0.464 e. The number of unbranched alkanes of at least 4 members (excludes halogenated alkanes) is 1. The van der Waals surface area contributed by atoms with E-state index in [0.717, 1.165) is 32.1 Å². The van der Waals surface area contributed by atoms with Crippen molar-refractivity contribution in [3.63, 3.8) is 0 Å². The maximum absolute atomic E-state index is 12.4. The van der Waals surface area contributed by atoms with Crippen LogP contribution in [0.15, 0.2) is 24.3 Å². The third kappa shape index (κ3) is 8.39. The number of rotatable bonds is 13. The van der Waals surface area contributed by atoms with Crippen LogP contribution in [0.4, 0.5) is 0 Å². The molecule has 0 bridgehead atoms. The summed E-state index contributed by atoms with van der Waals surface area (Å²) >= 11 is 0. The summed E-state index contributed by atoms with van der Waals surface area (Å²) in [6, 6.07) is 0. The van der Waals surface area contributed by atoms with Crippen LogP contribution in [0.3, 0.4) is 0 Å². The van der Waals surface area contributed by atoms with Crippen molar-refractivity contribution in [1.82, 2.24) is 0 Å². The van der Waals surface area contributed by atoms with Gasteiger partial charge in [0.2, 0.25) is 0 Å². The minimum absolute atomic E-state index is 0.0141. The van der Waals surface area contributed by atoms with E-state index in [2.05, 4.69) is 6.92 Å². The second-order valence-corrected chi connectivity index (χ2v) is 7.37. The molecule has 0 spiro atoms. The first-order valence-electron chi connectivity index (χ1n) is 10.2. The van der Waals surface area contributed by atoms with Crippen LogP contribution in [0.2, 0.25) is 0 Å². The molecular formula is C22H36O5. The summed E-state index contributed by atoms with van der Waals surface area (Å²) in [6.45, 7) is 6.71. The molecule has 3 atom stereocenters. The predicted octanol–water partition coefficient (Wildman–Crippen LogP) is 4.00. The van der Waals surface area contributed by atoms with Crippen molar-refractivity contribution in [2.75, 3.05) is 19.8 Å². The van der Waals surface area contributed by atoms with Gasteiger partial charge in [0, 0.05) is 18.4 Å². The molecule has 154 valence electrons. The standard InChI is InChI=1S/C22H36O5/c1-4-6-7-10-19(23)13-11-18-12-14-20(24)22(18,3)15-8-9-16-26-17-21(25)27-5-2/h6-7,11,13,18-19,23H,4-5,8-10,12,14-17H2,1-3H3/t18-,19?,22-/m0/s1. The smallest absolute Gasteiger partial charge is 0.332 e. The normalized spacial score (nSPS) is 24.1. The number of esters is 1. The van der Waals surface area contributed by atoms with Crippen molar-refractivity contribution in [3.8, 4) is 0 Å². The number of ether oxygens (including phenoxy) is 2. The first-order chi connectivity index (χ1) is 12.9. The average molecular weight is 381 g/mol. The Kier molecular flexibility index (Phi) is 11.2. The molecule has 0 heterocycles. The lowest BCUT2D eigenvalue weighted by Crippen LogP contribution is -2.28. The van der Waals surface area contributed by atoms with Gasteiger partial charge < -0.3 is 14.6 Å². The molecule has 1 rings (SSSR count). The number of Topliss-reactive ketones (excluding diaryl/α,β-unsaturated/α-hetero) is 1. The lowest BCUT2D eigenvalue weighted by Gasteiger charge is -2.28. The molecule has 1 unspecified atom stereocenters. The van der Waals surface area contributed by atoms with Gasteiger partial charge in [-0.05, 0) is 44.9 Å². The molecule has 1 N–H and O–H groups in total. The second kappa shape index (κ2) is 12.8. The molecular weight excluding hydrogens is 344 g/mol. The van der Waals surface area contributed by atoms with E-state index < -0.39 is 6.10 Å². The Morgan fingerprint density at radius 2 is 2.11 bits per heavy atom. The van der Waals surface area contributed by atoms with Crippen molar-refractivity contribution < 1.29 is 24.2 Å². The molecule has 1 saturated carbocycles. The zero-order valence-electron chi connectivity index (χ0n) is 17.1. The van der Waals surface area contributed by atoms with E-state index in [1.807, 2.05) is 31.2 Å². The average Bonchev–Trinajstić information content (AvgIpc) is 2.91. The van der Waals surface area contributed by atoms with Gasteiger partial charge in [-0.2, -0.15) is 0 Å². The van der Waals surface area contributed by atoms with Crippen molar-refractivity contribution in [1.29, 1.82) is 0 Å². The number of aliphatic hydroxyl groups excluding tert-OH is 1. The lowest BCUT2D eigenvalue weighted by molar-refractivity contribution is -0.148. The third-order valence-electron chi connectivity index (χ3n) is 5.24. The Morgan fingerprint density at radius 1 is 1.33 bits per heavy atom. The quantitative estimate of drug-likeness (QED) is 0.297. The van der Waals surface area contributed by atoms with E-state index in [-0.39, 0.29) is 23.9 Å². The van der Waals surface area contributed by atoms with Crippen LogP contribution in [0.5, 0.6) is 0 Å². The Morgan fingerprint density at radius 3 is 2.81 bits per heavy atom. The van der Waals surface area contributed by atoms with Crippen LogP contribution in [-0.2, 0) is 19.1 Å². The highest BCUT2D eigenvalue weighted by Gasteiger charge is 2.43. The molecule has 0 amide bonds. The van der Waals surface area contributed by atoms with Crippen molar-refractivity contribution >= 4 is 11.8 Å². The van der Waals surface area contributed by atoms with Crippen molar-refractivity contribution in [3.05, 3.63) is 24.3 Å². The van der Waals surface area contributed by atoms with Crippen LogP contribution in [0.25, 0.3) is 0 Å². The van der Waals surface area contributed by atoms with E-state index in [4.69, 9.17) is 9.47 Å². The summed E-state index contributed by atoms with van der Waals surface area (Å²) < 4.78 is 10.1. The molecule has 5 heteroatoms. The number of allylic oxidation sites excluding steroid dienone is 2. The summed E-state index contributed by atoms with van der Waals surface area (Å²) in [5.41, 5.74) is -0.364. The van der Waals surface area contributed by atoms with Gasteiger partial charge in [0.15, 0.2) is 0 Å². The van der Waals surface area contributed by atoms with Gasteiger partial charge in [0.25, 0.3) is 0 Å². The Hall–Kier alpha value is -1.46. The molecule has 0 aromatic heterocycles. The number of aliphatic hydroxyl groups is 1. The molecule has 0 aromatic carbocycles. The third-order valence-corrected chi connectivity index (χ3v) is 5.24. The summed E-state index contributed by atoms with van der Waals surface area (Å²) in [6.07, 6.45) is 12.9. The van der Waals surface area contributed by atoms with Crippen molar-refractivity contribution in [2.45, 2.75) is 71.8 Å². The largest absolute Gasteiger partial charge is 0.464 e. The number of carbonyl (C=O) groups is 2. The zero-order chi connectivity index (χ0) is 20.1. The fourth-order valence-electron chi connectivity index (χ4n) is 3.53. The van der Waals surface area contributed by atoms with Gasteiger partial charge in [0.1, 0.15) is 12.4 Å². The van der Waals surface area contributed by atoms with Gasteiger partial charge in [-0.25, -0.2) is 4.79 Å². The van der Waals surface area contributed by atoms with Crippen LogP contribution >= 0.6 is 0 Å². The molecule has 1 aliphatic rings. The summed E-state index contributed by atoms with van der Waals surface area (Å²) in [5.74, 6) is 0.146. The molecule has 27 heavy (non-hydrogen) atoms. The molecule has 0 radical (unpaired) electrons. The highest BCUT2D eigenvalue weighted by molar-refractivity contribution is 5.87. The topological polar surface area (TPSA) is 72.8 Å². The summed E-state index contributed by atoms with van der Waals surface area (Å²) in [7, 11) is 0. The van der Waals surface area contributed by atoms with Gasteiger partial charge >= 0.3 is 5.97 Å². The first-order valence-corrected chi connectivity index (χ1v) is 10.2. The summed E-state index contributed by atoms with van der Waals surface area (Å²) in [5, 5.41) is 10.1. The van der Waals surface area contributed by atoms with E-state index >= 15 is 0 Å². The highest BCUT2D eigenvalue weighted by atomic mass is 16.6. The van der Waals surface area contributed by atoms with Crippen LogP contribution in [0.1, 0.15) is 65.7 Å². The zero-order valence-corrected chi connectivity index (χ0v) is 17.1.